The summed E-state index contributed by atoms with van der Waals surface area (Å²) in [7, 11) is -0.530. The number of allylic oxidation sites excluding steroid dienone is 2. The molecule has 1 heterocycles. The fourth-order valence-electron chi connectivity index (χ4n) is 5.27. The first-order chi connectivity index (χ1) is 10.9. The molecule has 4 rings (SSSR count). The maximum absolute atomic E-state index is 12.2. The zero-order valence-electron chi connectivity index (χ0n) is 13.3. The van der Waals surface area contributed by atoms with Gasteiger partial charge >= 0.3 is 0 Å². The Morgan fingerprint density at radius 3 is 2.70 bits per heavy atom. The van der Waals surface area contributed by atoms with E-state index in [0.717, 1.165) is 24.2 Å². The second kappa shape index (κ2) is 4.87. The van der Waals surface area contributed by atoms with Gasteiger partial charge in [0.1, 0.15) is 11.4 Å². The van der Waals surface area contributed by atoms with Gasteiger partial charge in [0, 0.05) is 16.3 Å². The normalized spacial score (nSPS) is 44.8. The fraction of sp³-hybridized carbons (Fsp3) is 0.526. The molecule has 3 nitrogen and oxygen atoms in total. The Morgan fingerprint density at radius 2 is 2.00 bits per heavy atom. The lowest BCUT2D eigenvalue weighted by molar-refractivity contribution is -0.308. The first-order valence-corrected chi connectivity index (χ1v) is 9.75. The molecular weight excluding hydrogens is 308 g/mol. The van der Waals surface area contributed by atoms with Gasteiger partial charge in [-0.2, -0.15) is 0 Å². The molecule has 1 aromatic carbocycles. The second-order valence-electron chi connectivity index (χ2n) is 7.43. The number of hydrogen-bond donors (Lipinski definition) is 1. The van der Waals surface area contributed by atoms with E-state index < -0.39 is 33.1 Å². The van der Waals surface area contributed by atoms with Gasteiger partial charge in [-0.3, -0.25) is 0 Å². The number of hydrogen-bond acceptors (Lipinski definition) is 3. The van der Waals surface area contributed by atoms with Gasteiger partial charge in [0.2, 0.25) is 0 Å². The minimum Gasteiger partial charge on any atom is -0.545 e. The van der Waals surface area contributed by atoms with Crippen LogP contribution in [0.4, 0.5) is 0 Å². The van der Waals surface area contributed by atoms with Gasteiger partial charge in [-0.1, -0.05) is 37.3 Å². The van der Waals surface area contributed by atoms with Crippen LogP contribution in [0.3, 0.4) is 0 Å². The summed E-state index contributed by atoms with van der Waals surface area (Å²) in [6.45, 7) is 2.10. The van der Waals surface area contributed by atoms with Crippen molar-refractivity contribution in [2.45, 2.75) is 48.4 Å². The predicted octanol–water partition coefficient (Wildman–Crippen LogP) is 1.66. The smallest absolute Gasteiger partial charge is 0.172 e. The highest BCUT2D eigenvalue weighted by Gasteiger charge is 2.75. The third-order valence-corrected chi connectivity index (χ3v) is 9.49. The zero-order valence-corrected chi connectivity index (χ0v) is 14.1. The summed E-state index contributed by atoms with van der Waals surface area (Å²) in [5.41, 5.74) is -1.61. The predicted molar refractivity (Wildman–Crippen MR) is 88.8 cm³/mol. The minimum absolute atomic E-state index is 0.363. The first-order valence-electron chi connectivity index (χ1n) is 8.29. The fourth-order valence-corrected chi connectivity index (χ4v) is 8.56. The lowest BCUT2D eigenvalue weighted by Gasteiger charge is -2.56. The van der Waals surface area contributed by atoms with Crippen LogP contribution in [0.25, 0.3) is 0 Å². The second-order valence-corrected chi connectivity index (χ2v) is 9.52. The summed E-state index contributed by atoms with van der Waals surface area (Å²) in [4.78, 5) is 13.2. The van der Waals surface area contributed by atoms with Gasteiger partial charge < -0.3 is 15.0 Å². The van der Waals surface area contributed by atoms with E-state index >= 15 is 0 Å². The molecule has 2 bridgehead atoms. The van der Waals surface area contributed by atoms with Crippen molar-refractivity contribution < 1.29 is 15.0 Å². The summed E-state index contributed by atoms with van der Waals surface area (Å²) in [5, 5.41) is 23.1. The maximum atomic E-state index is 12.2. The largest absolute Gasteiger partial charge is 0.545 e. The van der Waals surface area contributed by atoms with Gasteiger partial charge in [0.05, 0.1) is 11.4 Å². The molecular formula is C19H22O3S. The van der Waals surface area contributed by atoms with Gasteiger partial charge in [0.25, 0.3) is 0 Å². The average molecular weight is 330 g/mol. The Labute approximate surface area is 139 Å². The standard InChI is InChI=1S/C19H22O3S/c1-17-9-5-6-10-18(17)11-12-19(17,22)13-23(15(18)16(20)21)14-7-3-2-4-8-14/h2-4,6-8,10,15,22H,5,9,11-13H2,1H3/t15-,17-,18?,19-,23?/m1/s1. The van der Waals surface area contributed by atoms with Crippen LogP contribution in [0.1, 0.15) is 32.6 Å². The highest BCUT2D eigenvalue weighted by atomic mass is 32.2. The third-order valence-electron chi connectivity index (χ3n) is 6.64. The SMILES string of the molecule is C[C@@]12CCC=CC13CC[C@@]2(O)C[S+](c1ccccc1)[C@@H]3C(=O)[O-]. The van der Waals surface area contributed by atoms with E-state index in [4.69, 9.17) is 0 Å². The number of carboxylic acids is 1. The van der Waals surface area contributed by atoms with E-state index in [9.17, 15) is 15.0 Å². The van der Waals surface area contributed by atoms with Crippen molar-refractivity contribution in [3.05, 3.63) is 42.5 Å². The van der Waals surface area contributed by atoms with Crippen LogP contribution in [0.15, 0.2) is 47.4 Å². The van der Waals surface area contributed by atoms with Crippen molar-refractivity contribution in [3.8, 4) is 0 Å². The van der Waals surface area contributed by atoms with Crippen molar-refractivity contribution >= 4 is 16.9 Å². The highest BCUT2D eigenvalue weighted by molar-refractivity contribution is 7.98. The van der Waals surface area contributed by atoms with E-state index in [2.05, 4.69) is 19.1 Å². The Morgan fingerprint density at radius 1 is 1.26 bits per heavy atom. The molecule has 2 unspecified atom stereocenters. The molecule has 1 aliphatic heterocycles. The summed E-state index contributed by atoms with van der Waals surface area (Å²) in [6, 6.07) is 9.82. The molecule has 1 saturated heterocycles. The third kappa shape index (κ3) is 1.79. The molecule has 0 spiro atoms. The Kier molecular flexibility index (Phi) is 3.23. The van der Waals surface area contributed by atoms with Crippen LogP contribution in [-0.2, 0) is 15.7 Å². The molecule has 1 N–H and O–H groups in total. The van der Waals surface area contributed by atoms with Crippen molar-refractivity contribution in [1.29, 1.82) is 0 Å². The first kappa shape index (κ1) is 15.3. The van der Waals surface area contributed by atoms with Gasteiger partial charge in [-0.15, -0.1) is 0 Å². The van der Waals surface area contributed by atoms with E-state index in [-0.39, 0.29) is 5.41 Å². The molecule has 0 amide bonds. The summed E-state index contributed by atoms with van der Waals surface area (Å²) < 4.78 is 0. The lowest BCUT2D eigenvalue weighted by Crippen LogP contribution is -2.67. The number of benzene rings is 1. The number of rotatable bonds is 2. The van der Waals surface area contributed by atoms with E-state index in [1.54, 1.807) is 0 Å². The summed E-state index contributed by atoms with van der Waals surface area (Å²) in [5.74, 6) is -0.416. The molecule has 1 saturated carbocycles. The van der Waals surface area contributed by atoms with Crippen molar-refractivity contribution in [2.24, 2.45) is 10.8 Å². The van der Waals surface area contributed by atoms with Gasteiger partial charge in [-0.25, -0.2) is 0 Å². The van der Waals surface area contributed by atoms with Crippen LogP contribution in [0, 0.1) is 10.8 Å². The molecule has 5 atom stereocenters. The Hall–Kier alpha value is -1.26. The van der Waals surface area contributed by atoms with Gasteiger partial charge in [-0.05, 0) is 37.8 Å². The molecule has 1 aromatic rings. The zero-order chi connectivity index (χ0) is 16.3. The monoisotopic (exact) mass is 330 g/mol. The Balaban J connectivity index is 1.91. The highest BCUT2D eigenvalue weighted by Crippen LogP contribution is 2.69. The average Bonchev–Trinajstić information content (AvgIpc) is 2.68. The molecule has 122 valence electrons. The summed E-state index contributed by atoms with van der Waals surface area (Å²) in [6.07, 6.45) is 7.42. The number of aliphatic hydroxyl groups is 1. The van der Waals surface area contributed by atoms with Gasteiger partial charge in [0.15, 0.2) is 10.1 Å². The maximum Gasteiger partial charge on any atom is 0.172 e. The van der Waals surface area contributed by atoms with E-state index in [1.807, 2.05) is 30.3 Å². The quantitative estimate of drug-likeness (QED) is 0.663. The lowest BCUT2D eigenvalue weighted by atomic mass is 9.56. The molecule has 23 heavy (non-hydrogen) atoms. The van der Waals surface area contributed by atoms with Crippen LogP contribution < -0.4 is 5.11 Å². The molecule has 0 radical (unpaired) electrons. The molecule has 0 aromatic heterocycles. The van der Waals surface area contributed by atoms with Crippen LogP contribution in [0.2, 0.25) is 0 Å². The van der Waals surface area contributed by atoms with E-state index in [1.165, 1.54) is 0 Å². The molecule has 2 fully saturated rings. The van der Waals surface area contributed by atoms with Crippen LogP contribution >= 0.6 is 0 Å². The Bertz CT molecular complexity index is 672. The molecule has 3 aliphatic rings. The van der Waals surface area contributed by atoms with Crippen LogP contribution in [0.5, 0.6) is 0 Å². The number of carboxylic acid groups (broad SMARTS) is 1. The topological polar surface area (TPSA) is 60.4 Å². The number of carbonyl (C=O) groups excluding carboxylic acids is 1. The number of carbonyl (C=O) groups is 1. The number of aliphatic carboxylic acids is 1. The van der Waals surface area contributed by atoms with Crippen molar-refractivity contribution in [1.82, 2.24) is 0 Å². The van der Waals surface area contributed by atoms with E-state index in [0.29, 0.717) is 12.2 Å². The van der Waals surface area contributed by atoms with Crippen LogP contribution in [-0.4, -0.2) is 27.7 Å². The summed E-state index contributed by atoms with van der Waals surface area (Å²) >= 11 is 0. The van der Waals surface area contributed by atoms with Crippen molar-refractivity contribution in [2.75, 3.05) is 5.75 Å². The molecule has 4 heteroatoms. The van der Waals surface area contributed by atoms with Crippen molar-refractivity contribution in [3.63, 3.8) is 0 Å². The molecule has 2 aliphatic carbocycles. The minimum atomic E-state index is -0.959.